The fraction of sp³-hybridized carbons (Fsp3) is 0.600. The first-order chi connectivity index (χ1) is 12.7. The van der Waals surface area contributed by atoms with Gasteiger partial charge in [-0.1, -0.05) is 37.5 Å². The molecule has 7 heteroatoms. The number of benzene rings is 1. The number of urea groups is 1. The van der Waals surface area contributed by atoms with Crippen molar-refractivity contribution in [2.45, 2.75) is 70.6 Å². The molecule has 150 valence electrons. The summed E-state index contributed by atoms with van der Waals surface area (Å²) in [5, 5.41) is 12.1. The van der Waals surface area contributed by atoms with Gasteiger partial charge in [0.05, 0.1) is 0 Å². The monoisotopic (exact) mass is 394 g/mol. The molecule has 1 aliphatic heterocycles. The highest BCUT2D eigenvalue weighted by molar-refractivity contribution is 5.85. The molecular weight excluding hydrogens is 364 g/mol. The highest BCUT2D eigenvalue weighted by Gasteiger charge is 2.15. The van der Waals surface area contributed by atoms with Gasteiger partial charge in [-0.25, -0.2) is 4.79 Å². The molecule has 0 saturated heterocycles. The molecule has 1 saturated carbocycles. The molecule has 0 unspecified atom stereocenters. The highest BCUT2D eigenvalue weighted by atomic mass is 35.5. The molecule has 0 atom stereocenters. The molecule has 1 fully saturated rings. The van der Waals surface area contributed by atoms with Crippen LogP contribution in [0.2, 0.25) is 0 Å². The van der Waals surface area contributed by atoms with E-state index in [0.29, 0.717) is 32.0 Å². The van der Waals surface area contributed by atoms with Gasteiger partial charge in [0, 0.05) is 38.6 Å². The van der Waals surface area contributed by atoms with Crippen LogP contribution in [-0.2, 0) is 24.4 Å². The average molecular weight is 395 g/mol. The van der Waals surface area contributed by atoms with Crippen molar-refractivity contribution in [3.05, 3.63) is 34.9 Å². The second-order valence-electron chi connectivity index (χ2n) is 7.32. The Kier molecular flexibility index (Phi) is 8.88. The van der Waals surface area contributed by atoms with Gasteiger partial charge in [0.25, 0.3) is 0 Å². The molecule has 2 aliphatic rings. The van der Waals surface area contributed by atoms with Gasteiger partial charge < -0.3 is 21.3 Å². The molecular formula is C20H31ClN4O2. The molecule has 1 aromatic carbocycles. The zero-order chi connectivity index (χ0) is 18.2. The Hall–Kier alpha value is -1.79. The van der Waals surface area contributed by atoms with Gasteiger partial charge in [0.2, 0.25) is 5.91 Å². The number of fused-ring (bicyclic) bond motifs is 1. The van der Waals surface area contributed by atoms with Crippen LogP contribution < -0.4 is 21.3 Å². The first-order valence-corrected chi connectivity index (χ1v) is 9.83. The van der Waals surface area contributed by atoms with Gasteiger partial charge in [0.15, 0.2) is 0 Å². The van der Waals surface area contributed by atoms with E-state index in [1.165, 1.54) is 30.4 Å². The normalized spacial score (nSPS) is 16.1. The third-order valence-electron chi connectivity index (χ3n) is 5.20. The summed E-state index contributed by atoms with van der Waals surface area (Å²) in [5.41, 5.74) is 3.80. The number of nitrogens with one attached hydrogen (secondary N) is 4. The fourth-order valence-electron chi connectivity index (χ4n) is 3.68. The zero-order valence-corrected chi connectivity index (χ0v) is 16.6. The van der Waals surface area contributed by atoms with E-state index in [0.717, 1.165) is 31.5 Å². The van der Waals surface area contributed by atoms with Crippen LogP contribution in [0.4, 0.5) is 4.79 Å². The maximum atomic E-state index is 12.0. The SMILES string of the molecule is Cl.O=C(CCCNC(=O)NC1CCCCC1)NCc1ccc2c(c1)CNC2. The lowest BCUT2D eigenvalue weighted by molar-refractivity contribution is -0.121. The fourth-order valence-corrected chi connectivity index (χ4v) is 3.68. The summed E-state index contributed by atoms with van der Waals surface area (Å²) >= 11 is 0. The first kappa shape index (κ1) is 21.5. The zero-order valence-electron chi connectivity index (χ0n) is 15.8. The molecule has 0 radical (unpaired) electrons. The van der Waals surface area contributed by atoms with E-state index in [1.807, 2.05) is 0 Å². The number of halogens is 1. The number of rotatable bonds is 7. The number of carbonyl (C=O) groups excluding carboxylic acids is 2. The molecule has 0 bridgehead atoms. The lowest BCUT2D eigenvalue weighted by Crippen LogP contribution is -2.43. The van der Waals surface area contributed by atoms with Gasteiger partial charge >= 0.3 is 6.03 Å². The maximum absolute atomic E-state index is 12.0. The molecule has 0 spiro atoms. The predicted molar refractivity (Wildman–Crippen MR) is 109 cm³/mol. The van der Waals surface area contributed by atoms with Crippen LogP contribution in [0.1, 0.15) is 61.6 Å². The van der Waals surface area contributed by atoms with Crippen LogP contribution in [0.5, 0.6) is 0 Å². The third-order valence-corrected chi connectivity index (χ3v) is 5.20. The highest BCUT2D eigenvalue weighted by Crippen LogP contribution is 2.17. The summed E-state index contributed by atoms with van der Waals surface area (Å²) in [5.74, 6) is 0.0260. The van der Waals surface area contributed by atoms with Crippen molar-refractivity contribution in [1.82, 2.24) is 21.3 Å². The summed E-state index contributed by atoms with van der Waals surface area (Å²) in [7, 11) is 0. The lowest BCUT2D eigenvalue weighted by atomic mass is 9.96. The van der Waals surface area contributed by atoms with E-state index < -0.39 is 0 Å². The van der Waals surface area contributed by atoms with E-state index in [9.17, 15) is 9.59 Å². The molecule has 1 aliphatic carbocycles. The number of carbonyl (C=O) groups is 2. The summed E-state index contributed by atoms with van der Waals surface area (Å²) in [6.07, 6.45) is 6.91. The summed E-state index contributed by atoms with van der Waals surface area (Å²) in [4.78, 5) is 23.8. The maximum Gasteiger partial charge on any atom is 0.315 e. The Balaban J connectivity index is 0.00000261. The van der Waals surface area contributed by atoms with Crippen molar-refractivity contribution in [3.63, 3.8) is 0 Å². The average Bonchev–Trinajstić information content (AvgIpc) is 3.12. The van der Waals surface area contributed by atoms with Crippen LogP contribution in [0.25, 0.3) is 0 Å². The molecule has 27 heavy (non-hydrogen) atoms. The second-order valence-corrected chi connectivity index (χ2v) is 7.32. The topological polar surface area (TPSA) is 82.3 Å². The largest absolute Gasteiger partial charge is 0.352 e. The Morgan fingerprint density at radius 3 is 2.63 bits per heavy atom. The first-order valence-electron chi connectivity index (χ1n) is 9.83. The van der Waals surface area contributed by atoms with Crippen molar-refractivity contribution in [2.24, 2.45) is 0 Å². The second kappa shape index (κ2) is 11.1. The molecule has 1 aromatic rings. The van der Waals surface area contributed by atoms with Crippen molar-refractivity contribution in [3.8, 4) is 0 Å². The van der Waals surface area contributed by atoms with E-state index in [4.69, 9.17) is 0 Å². The smallest absolute Gasteiger partial charge is 0.315 e. The summed E-state index contributed by atoms with van der Waals surface area (Å²) in [6.45, 7) is 2.92. The van der Waals surface area contributed by atoms with Crippen molar-refractivity contribution < 1.29 is 9.59 Å². The van der Waals surface area contributed by atoms with E-state index >= 15 is 0 Å². The van der Waals surface area contributed by atoms with Crippen LogP contribution >= 0.6 is 12.4 Å². The lowest BCUT2D eigenvalue weighted by Gasteiger charge is -2.22. The van der Waals surface area contributed by atoms with Crippen LogP contribution in [0.3, 0.4) is 0 Å². The molecule has 3 rings (SSSR count). The minimum atomic E-state index is -0.107. The van der Waals surface area contributed by atoms with Crippen LogP contribution in [0.15, 0.2) is 18.2 Å². The Bertz CT molecular complexity index is 632. The predicted octanol–water partition coefficient (Wildman–Crippen LogP) is 2.74. The van der Waals surface area contributed by atoms with Crippen LogP contribution in [-0.4, -0.2) is 24.5 Å². The van der Waals surface area contributed by atoms with Gasteiger partial charge in [0.1, 0.15) is 0 Å². The Labute approximate surface area is 167 Å². The van der Waals surface area contributed by atoms with Gasteiger partial charge in [-0.2, -0.15) is 0 Å². The van der Waals surface area contributed by atoms with Crippen molar-refractivity contribution in [2.75, 3.05) is 6.54 Å². The molecule has 1 heterocycles. The molecule has 3 amide bonds. The van der Waals surface area contributed by atoms with Gasteiger partial charge in [-0.15, -0.1) is 12.4 Å². The Morgan fingerprint density at radius 2 is 1.81 bits per heavy atom. The quantitative estimate of drug-likeness (QED) is 0.537. The summed E-state index contributed by atoms with van der Waals surface area (Å²) in [6, 6.07) is 6.57. The molecule has 4 N–H and O–H groups in total. The van der Waals surface area contributed by atoms with E-state index in [2.05, 4.69) is 39.5 Å². The van der Waals surface area contributed by atoms with E-state index in [-0.39, 0.29) is 24.3 Å². The van der Waals surface area contributed by atoms with Crippen LogP contribution in [0, 0.1) is 0 Å². The number of amides is 3. The van der Waals surface area contributed by atoms with Crippen molar-refractivity contribution >= 4 is 24.3 Å². The minimum absolute atomic E-state index is 0. The number of hydrogen-bond donors (Lipinski definition) is 4. The molecule has 6 nitrogen and oxygen atoms in total. The Morgan fingerprint density at radius 1 is 1.04 bits per heavy atom. The van der Waals surface area contributed by atoms with Gasteiger partial charge in [-0.3, -0.25) is 4.79 Å². The summed E-state index contributed by atoms with van der Waals surface area (Å²) < 4.78 is 0. The third kappa shape index (κ3) is 7.03. The minimum Gasteiger partial charge on any atom is -0.352 e. The van der Waals surface area contributed by atoms with Gasteiger partial charge in [-0.05, 0) is 36.0 Å². The standard InChI is InChI=1S/C20H30N4O2.ClH/c25-19(23-12-15-8-9-16-13-21-14-17(16)11-15)7-4-10-22-20(26)24-18-5-2-1-3-6-18;/h8-9,11,18,21H,1-7,10,12-14H2,(H,23,25)(H2,22,24,26);1H. The van der Waals surface area contributed by atoms with E-state index in [1.54, 1.807) is 0 Å². The number of hydrogen-bond acceptors (Lipinski definition) is 3. The van der Waals surface area contributed by atoms with Crippen molar-refractivity contribution in [1.29, 1.82) is 0 Å². The molecule has 0 aromatic heterocycles.